The second-order valence-corrected chi connectivity index (χ2v) is 6.48. The normalized spacial score (nSPS) is 17.0. The van der Waals surface area contributed by atoms with Crippen LogP contribution in [0.25, 0.3) is 0 Å². The van der Waals surface area contributed by atoms with Gasteiger partial charge in [-0.1, -0.05) is 12.2 Å². The summed E-state index contributed by atoms with van der Waals surface area (Å²) in [6.45, 7) is 3.32. The van der Waals surface area contributed by atoms with Crippen LogP contribution < -0.4 is 0 Å². The first kappa shape index (κ1) is 16.4. The zero-order chi connectivity index (χ0) is 16.9. The molecule has 0 aliphatic heterocycles. The van der Waals surface area contributed by atoms with Crippen LogP contribution in [0, 0.1) is 12.8 Å². The molecule has 0 saturated heterocycles. The van der Waals surface area contributed by atoms with E-state index in [0.717, 1.165) is 37.2 Å². The van der Waals surface area contributed by atoms with Crippen LogP contribution in [0.1, 0.15) is 41.0 Å². The molecule has 1 amide bonds. The second-order valence-electron chi connectivity index (χ2n) is 6.48. The summed E-state index contributed by atoms with van der Waals surface area (Å²) in [7, 11) is 1.93. The third kappa shape index (κ3) is 3.91. The minimum absolute atomic E-state index is 0.0287. The Balaban J connectivity index is 1.79. The summed E-state index contributed by atoms with van der Waals surface area (Å²) in [5.41, 5.74) is 2.66. The van der Waals surface area contributed by atoms with Gasteiger partial charge in [0.1, 0.15) is 0 Å². The van der Waals surface area contributed by atoms with E-state index in [1.807, 2.05) is 35.7 Å². The summed E-state index contributed by atoms with van der Waals surface area (Å²) < 4.78 is 1.85. The topological polar surface area (TPSA) is 51.0 Å². The second kappa shape index (κ2) is 7.43. The van der Waals surface area contributed by atoms with Gasteiger partial charge in [0.25, 0.3) is 5.91 Å². The predicted octanol–water partition coefficient (Wildman–Crippen LogP) is 3.12. The average Bonchev–Trinajstić information content (AvgIpc) is 2.93. The van der Waals surface area contributed by atoms with Crippen molar-refractivity contribution in [1.29, 1.82) is 0 Å². The lowest BCUT2D eigenvalue weighted by Crippen LogP contribution is -2.35. The van der Waals surface area contributed by atoms with Crippen molar-refractivity contribution in [1.82, 2.24) is 19.7 Å². The van der Waals surface area contributed by atoms with Crippen LogP contribution in [0.15, 0.2) is 42.7 Å². The van der Waals surface area contributed by atoms with Crippen molar-refractivity contribution in [2.24, 2.45) is 13.0 Å². The number of aryl methyl sites for hydroxylation is 2. The van der Waals surface area contributed by atoms with Crippen LogP contribution >= 0.6 is 0 Å². The van der Waals surface area contributed by atoms with E-state index < -0.39 is 0 Å². The standard InChI is InChI=1S/C19H24N4O/c1-15-11-18(21-22(15)2)14-23(13-16-7-4-3-5-8-16)19(24)17-9-6-10-20-12-17/h3-4,6,9-12,16H,5,7-8,13-14H2,1-2H3/t16-/m1/s1. The van der Waals surface area contributed by atoms with Crippen molar-refractivity contribution in [3.63, 3.8) is 0 Å². The van der Waals surface area contributed by atoms with Crippen LogP contribution in [0.2, 0.25) is 0 Å². The molecule has 2 aromatic heterocycles. The molecule has 0 spiro atoms. The third-order valence-corrected chi connectivity index (χ3v) is 4.57. The lowest BCUT2D eigenvalue weighted by atomic mass is 9.93. The van der Waals surface area contributed by atoms with E-state index in [2.05, 4.69) is 22.2 Å². The summed E-state index contributed by atoms with van der Waals surface area (Å²) in [5, 5.41) is 4.51. The molecule has 24 heavy (non-hydrogen) atoms. The Labute approximate surface area is 143 Å². The Hall–Kier alpha value is -2.43. The smallest absolute Gasteiger partial charge is 0.255 e. The lowest BCUT2D eigenvalue weighted by Gasteiger charge is -2.28. The van der Waals surface area contributed by atoms with Gasteiger partial charge >= 0.3 is 0 Å². The number of hydrogen-bond acceptors (Lipinski definition) is 3. The van der Waals surface area contributed by atoms with Crippen LogP contribution in [0.5, 0.6) is 0 Å². The molecule has 3 rings (SSSR count). The Kier molecular flexibility index (Phi) is 5.08. The number of amides is 1. The highest BCUT2D eigenvalue weighted by atomic mass is 16.2. The number of allylic oxidation sites excluding steroid dienone is 2. The molecule has 0 unspecified atom stereocenters. The quantitative estimate of drug-likeness (QED) is 0.794. The molecule has 2 aromatic rings. The minimum atomic E-state index is 0.0287. The maximum Gasteiger partial charge on any atom is 0.255 e. The van der Waals surface area contributed by atoms with Gasteiger partial charge in [-0.2, -0.15) is 5.10 Å². The SMILES string of the molecule is Cc1cc(CN(C[C@@H]2CC=CCC2)C(=O)c2cccnc2)nn1C. The van der Waals surface area contributed by atoms with Gasteiger partial charge in [0.15, 0.2) is 0 Å². The first-order valence-electron chi connectivity index (χ1n) is 8.47. The minimum Gasteiger partial charge on any atom is -0.332 e. The van der Waals surface area contributed by atoms with Gasteiger partial charge in [-0.15, -0.1) is 0 Å². The van der Waals surface area contributed by atoms with Crippen LogP contribution in [0.3, 0.4) is 0 Å². The number of carbonyl (C=O) groups is 1. The molecular weight excluding hydrogens is 300 g/mol. The fourth-order valence-corrected chi connectivity index (χ4v) is 3.13. The fraction of sp³-hybridized carbons (Fsp3) is 0.421. The van der Waals surface area contributed by atoms with Crippen LogP contribution in [0.4, 0.5) is 0 Å². The highest BCUT2D eigenvalue weighted by Gasteiger charge is 2.22. The summed E-state index contributed by atoms with van der Waals surface area (Å²) in [5.74, 6) is 0.543. The largest absolute Gasteiger partial charge is 0.332 e. The molecule has 126 valence electrons. The molecule has 1 aliphatic carbocycles. The van der Waals surface area contributed by atoms with Crippen molar-refractivity contribution >= 4 is 5.91 Å². The van der Waals surface area contributed by atoms with E-state index >= 15 is 0 Å². The van der Waals surface area contributed by atoms with Crippen molar-refractivity contribution in [2.75, 3.05) is 6.54 Å². The van der Waals surface area contributed by atoms with E-state index in [0.29, 0.717) is 18.0 Å². The molecule has 0 bridgehead atoms. The van der Waals surface area contributed by atoms with Crippen molar-refractivity contribution in [3.8, 4) is 0 Å². The number of rotatable bonds is 5. The molecule has 1 aliphatic rings. The summed E-state index contributed by atoms with van der Waals surface area (Å²) in [6, 6.07) is 5.68. The van der Waals surface area contributed by atoms with Gasteiger partial charge in [0.2, 0.25) is 0 Å². The molecule has 5 heteroatoms. The van der Waals surface area contributed by atoms with Crippen LogP contribution in [-0.4, -0.2) is 32.1 Å². The van der Waals surface area contributed by atoms with Gasteiger partial charge in [0.05, 0.1) is 17.8 Å². The van der Waals surface area contributed by atoms with Crippen LogP contribution in [-0.2, 0) is 13.6 Å². The number of nitrogens with zero attached hydrogens (tertiary/aromatic N) is 4. The number of pyridine rings is 1. The average molecular weight is 324 g/mol. The maximum absolute atomic E-state index is 12.9. The Morgan fingerprint density at radius 3 is 2.92 bits per heavy atom. The van der Waals surface area contributed by atoms with Gasteiger partial charge in [-0.3, -0.25) is 14.5 Å². The van der Waals surface area contributed by atoms with Crippen molar-refractivity contribution in [2.45, 2.75) is 32.7 Å². The van der Waals surface area contributed by atoms with E-state index in [4.69, 9.17) is 0 Å². The summed E-state index contributed by atoms with van der Waals surface area (Å²) in [6.07, 6.45) is 11.1. The lowest BCUT2D eigenvalue weighted by molar-refractivity contribution is 0.0707. The molecule has 0 saturated carbocycles. The summed E-state index contributed by atoms with van der Waals surface area (Å²) in [4.78, 5) is 18.9. The maximum atomic E-state index is 12.9. The van der Waals surface area contributed by atoms with E-state index in [1.54, 1.807) is 18.5 Å². The Morgan fingerprint density at radius 1 is 1.42 bits per heavy atom. The number of aromatic nitrogens is 3. The molecule has 0 radical (unpaired) electrons. The molecular formula is C19H24N4O. The Morgan fingerprint density at radius 2 is 2.29 bits per heavy atom. The molecule has 5 nitrogen and oxygen atoms in total. The monoisotopic (exact) mass is 324 g/mol. The van der Waals surface area contributed by atoms with Crippen molar-refractivity contribution < 1.29 is 4.79 Å². The van der Waals surface area contributed by atoms with Gasteiger partial charge in [-0.25, -0.2) is 0 Å². The van der Waals surface area contributed by atoms with E-state index in [9.17, 15) is 4.79 Å². The number of carbonyl (C=O) groups excluding carboxylic acids is 1. The predicted molar refractivity (Wildman–Crippen MR) is 93.4 cm³/mol. The zero-order valence-electron chi connectivity index (χ0n) is 14.4. The summed E-state index contributed by atoms with van der Waals surface area (Å²) >= 11 is 0. The zero-order valence-corrected chi connectivity index (χ0v) is 14.4. The third-order valence-electron chi connectivity index (χ3n) is 4.57. The van der Waals surface area contributed by atoms with Gasteiger partial charge in [-0.05, 0) is 50.3 Å². The molecule has 1 atom stereocenters. The fourth-order valence-electron chi connectivity index (χ4n) is 3.13. The molecule has 0 aromatic carbocycles. The van der Waals surface area contributed by atoms with Crippen molar-refractivity contribution in [3.05, 3.63) is 59.7 Å². The molecule has 0 fully saturated rings. The van der Waals surface area contributed by atoms with Gasteiger partial charge < -0.3 is 4.90 Å². The highest BCUT2D eigenvalue weighted by molar-refractivity contribution is 5.93. The van der Waals surface area contributed by atoms with Gasteiger partial charge in [0, 0.05) is 31.7 Å². The number of hydrogen-bond donors (Lipinski definition) is 0. The van der Waals surface area contributed by atoms with E-state index in [-0.39, 0.29) is 5.91 Å². The Bertz CT molecular complexity index is 701. The first-order chi connectivity index (χ1) is 11.6. The highest BCUT2D eigenvalue weighted by Crippen LogP contribution is 2.21. The first-order valence-corrected chi connectivity index (χ1v) is 8.47. The van der Waals surface area contributed by atoms with E-state index in [1.165, 1.54) is 0 Å². The molecule has 2 heterocycles. The molecule has 0 N–H and O–H groups in total.